The molecule has 0 spiro atoms. The van der Waals surface area contributed by atoms with Crippen LogP contribution in [0.5, 0.6) is 5.75 Å². The number of nitrogens with zero attached hydrogens (tertiary/aromatic N) is 1. The fourth-order valence-corrected chi connectivity index (χ4v) is 3.52. The van der Waals surface area contributed by atoms with Crippen molar-refractivity contribution >= 4 is 5.69 Å². The zero-order valence-electron chi connectivity index (χ0n) is 12.2. The van der Waals surface area contributed by atoms with Crippen LogP contribution in [0.4, 0.5) is 5.69 Å². The summed E-state index contributed by atoms with van der Waals surface area (Å²) in [5, 5.41) is 0. The summed E-state index contributed by atoms with van der Waals surface area (Å²) in [5.41, 5.74) is 9.52. The molecular weight excluding hydrogens is 252 g/mol. The fraction of sp³-hybridized carbons (Fsp3) is 0.625. The molecule has 1 aromatic carbocycles. The van der Waals surface area contributed by atoms with Crippen molar-refractivity contribution in [2.45, 2.75) is 31.7 Å². The molecule has 3 rings (SSSR count). The van der Waals surface area contributed by atoms with Gasteiger partial charge in [0.1, 0.15) is 5.75 Å². The van der Waals surface area contributed by atoms with Gasteiger partial charge in [-0.05, 0) is 42.9 Å². The van der Waals surface area contributed by atoms with E-state index >= 15 is 0 Å². The Labute approximate surface area is 120 Å². The largest absolute Gasteiger partial charge is 0.494 e. The number of nitrogen functional groups attached to an aromatic ring is 1. The second kappa shape index (κ2) is 6.02. The molecule has 1 atom stereocenters. The SMILES string of the molecule is COc1c(N)ccc2c1CCCC(N1CCOCC1)C2. The molecule has 2 N–H and O–H groups in total. The third-order valence-electron chi connectivity index (χ3n) is 4.57. The maximum atomic E-state index is 6.03. The highest BCUT2D eigenvalue weighted by Crippen LogP contribution is 2.34. The maximum absolute atomic E-state index is 6.03. The second-order valence-corrected chi connectivity index (χ2v) is 5.72. The molecule has 20 heavy (non-hydrogen) atoms. The van der Waals surface area contributed by atoms with E-state index in [1.54, 1.807) is 7.11 Å². The molecule has 1 aromatic rings. The van der Waals surface area contributed by atoms with Crippen LogP contribution in [0.3, 0.4) is 0 Å². The van der Waals surface area contributed by atoms with E-state index in [0.29, 0.717) is 6.04 Å². The minimum atomic E-state index is 0.633. The van der Waals surface area contributed by atoms with Crippen LogP contribution in [0.15, 0.2) is 12.1 Å². The van der Waals surface area contributed by atoms with E-state index in [1.807, 2.05) is 6.07 Å². The Hall–Kier alpha value is -1.26. The van der Waals surface area contributed by atoms with Crippen molar-refractivity contribution in [3.05, 3.63) is 23.3 Å². The lowest BCUT2D eigenvalue weighted by Gasteiger charge is -2.34. The third kappa shape index (κ3) is 2.63. The first kappa shape index (κ1) is 13.7. The van der Waals surface area contributed by atoms with Crippen LogP contribution >= 0.6 is 0 Å². The second-order valence-electron chi connectivity index (χ2n) is 5.72. The summed E-state index contributed by atoms with van der Waals surface area (Å²) in [5.74, 6) is 0.894. The van der Waals surface area contributed by atoms with Gasteiger partial charge in [-0.1, -0.05) is 6.07 Å². The van der Waals surface area contributed by atoms with Gasteiger partial charge in [-0.2, -0.15) is 0 Å². The topological polar surface area (TPSA) is 47.7 Å². The molecule has 2 aliphatic rings. The number of methoxy groups -OCH3 is 1. The van der Waals surface area contributed by atoms with Gasteiger partial charge < -0.3 is 15.2 Å². The van der Waals surface area contributed by atoms with Crippen LogP contribution in [0.1, 0.15) is 24.0 Å². The number of benzene rings is 1. The summed E-state index contributed by atoms with van der Waals surface area (Å²) in [7, 11) is 1.72. The number of fused-ring (bicyclic) bond motifs is 1. The number of hydrogen-bond donors (Lipinski definition) is 1. The molecular formula is C16H24N2O2. The Morgan fingerprint density at radius 2 is 2.10 bits per heavy atom. The van der Waals surface area contributed by atoms with E-state index in [0.717, 1.165) is 50.6 Å². The number of hydrogen-bond acceptors (Lipinski definition) is 4. The summed E-state index contributed by atoms with van der Waals surface area (Å²) in [4.78, 5) is 2.58. The Kier molecular flexibility index (Phi) is 4.13. The average molecular weight is 276 g/mol. The number of rotatable bonds is 2. The van der Waals surface area contributed by atoms with E-state index in [1.165, 1.54) is 24.0 Å². The summed E-state index contributed by atoms with van der Waals surface area (Å²) < 4.78 is 11.0. The van der Waals surface area contributed by atoms with Crippen molar-refractivity contribution < 1.29 is 9.47 Å². The standard InChI is InChI=1S/C16H24N2O2/c1-19-16-14-4-2-3-13(18-7-9-20-10-8-18)11-12(14)5-6-15(16)17/h5-6,13H,2-4,7-11,17H2,1H3. The minimum Gasteiger partial charge on any atom is -0.494 e. The Bertz CT molecular complexity index is 470. The molecule has 0 bridgehead atoms. The number of morpholine rings is 1. The molecule has 0 amide bonds. The van der Waals surface area contributed by atoms with Crippen LogP contribution in [0.2, 0.25) is 0 Å². The van der Waals surface area contributed by atoms with E-state index in [4.69, 9.17) is 15.2 Å². The van der Waals surface area contributed by atoms with E-state index < -0.39 is 0 Å². The van der Waals surface area contributed by atoms with Gasteiger partial charge >= 0.3 is 0 Å². The van der Waals surface area contributed by atoms with Crippen molar-refractivity contribution in [3.63, 3.8) is 0 Å². The highest BCUT2D eigenvalue weighted by atomic mass is 16.5. The summed E-state index contributed by atoms with van der Waals surface area (Å²) in [6.45, 7) is 3.86. The molecule has 0 saturated carbocycles. The average Bonchev–Trinajstić information content (AvgIpc) is 2.70. The smallest absolute Gasteiger partial charge is 0.145 e. The van der Waals surface area contributed by atoms with Gasteiger partial charge in [0.15, 0.2) is 0 Å². The fourth-order valence-electron chi connectivity index (χ4n) is 3.52. The molecule has 1 heterocycles. The molecule has 1 fully saturated rings. The normalized spacial score (nSPS) is 23.9. The molecule has 1 aliphatic heterocycles. The van der Waals surface area contributed by atoms with Crippen molar-refractivity contribution in [3.8, 4) is 5.75 Å². The first-order valence-electron chi connectivity index (χ1n) is 7.55. The van der Waals surface area contributed by atoms with Gasteiger partial charge in [-0.25, -0.2) is 0 Å². The molecule has 4 heteroatoms. The molecule has 1 aliphatic carbocycles. The minimum absolute atomic E-state index is 0.633. The monoisotopic (exact) mass is 276 g/mol. The zero-order chi connectivity index (χ0) is 13.9. The lowest BCUT2D eigenvalue weighted by atomic mass is 9.99. The highest BCUT2D eigenvalue weighted by molar-refractivity contribution is 5.60. The van der Waals surface area contributed by atoms with Crippen LogP contribution in [0.25, 0.3) is 0 Å². The third-order valence-corrected chi connectivity index (χ3v) is 4.57. The van der Waals surface area contributed by atoms with Crippen LogP contribution in [-0.2, 0) is 17.6 Å². The highest BCUT2D eigenvalue weighted by Gasteiger charge is 2.25. The van der Waals surface area contributed by atoms with Gasteiger partial charge in [0.2, 0.25) is 0 Å². The van der Waals surface area contributed by atoms with Gasteiger partial charge in [0.25, 0.3) is 0 Å². The molecule has 1 unspecified atom stereocenters. The lowest BCUT2D eigenvalue weighted by molar-refractivity contribution is 0.0149. The van der Waals surface area contributed by atoms with Crippen molar-refractivity contribution in [2.75, 3.05) is 39.1 Å². The quantitative estimate of drug-likeness (QED) is 0.661. The molecule has 0 aromatic heterocycles. The van der Waals surface area contributed by atoms with E-state index in [9.17, 15) is 0 Å². The molecule has 110 valence electrons. The maximum Gasteiger partial charge on any atom is 0.145 e. The van der Waals surface area contributed by atoms with Gasteiger partial charge in [0.05, 0.1) is 26.0 Å². The predicted molar refractivity (Wildman–Crippen MR) is 80.2 cm³/mol. The molecule has 4 nitrogen and oxygen atoms in total. The van der Waals surface area contributed by atoms with Crippen molar-refractivity contribution in [1.29, 1.82) is 0 Å². The molecule has 1 saturated heterocycles. The van der Waals surface area contributed by atoms with Crippen LogP contribution < -0.4 is 10.5 Å². The summed E-state index contributed by atoms with van der Waals surface area (Å²) >= 11 is 0. The Morgan fingerprint density at radius 3 is 2.85 bits per heavy atom. The van der Waals surface area contributed by atoms with Gasteiger partial charge in [0, 0.05) is 19.1 Å². The summed E-state index contributed by atoms with van der Waals surface area (Å²) in [6.07, 6.45) is 4.63. The zero-order valence-corrected chi connectivity index (χ0v) is 12.2. The van der Waals surface area contributed by atoms with E-state index in [-0.39, 0.29) is 0 Å². The first-order valence-corrected chi connectivity index (χ1v) is 7.55. The number of ether oxygens (including phenoxy) is 2. The predicted octanol–water partition coefficient (Wildman–Crippen LogP) is 1.86. The van der Waals surface area contributed by atoms with Gasteiger partial charge in [-0.3, -0.25) is 4.90 Å². The van der Waals surface area contributed by atoms with Crippen LogP contribution in [-0.4, -0.2) is 44.4 Å². The number of nitrogens with two attached hydrogens (primary N) is 1. The van der Waals surface area contributed by atoms with Crippen LogP contribution in [0, 0.1) is 0 Å². The first-order chi connectivity index (χ1) is 9.79. The number of anilines is 1. The molecule has 0 radical (unpaired) electrons. The van der Waals surface area contributed by atoms with Crippen molar-refractivity contribution in [1.82, 2.24) is 4.90 Å². The Morgan fingerprint density at radius 1 is 1.30 bits per heavy atom. The van der Waals surface area contributed by atoms with Crippen molar-refractivity contribution in [2.24, 2.45) is 0 Å². The summed E-state index contributed by atoms with van der Waals surface area (Å²) in [6, 6.07) is 4.80. The van der Waals surface area contributed by atoms with Gasteiger partial charge in [-0.15, -0.1) is 0 Å². The Balaban J connectivity index is 1.84. The van der Waals surface area contributed by atoms with E-state index in [2.05, 4.69) is 11.0 Å². The lowest BCUT2D eigenvalue weighted by Crippen LogP contribution is -2.44.